The molecule has 0 spiro atoms. The van der Waals surface area contributed by atoms with Crippen LogP contribution in [0.2, 0.25) is 0 Å². The van der Waals surface area contributed by atoms with Crippen molar-refractivity contribution in [3.05, 3.63) is 63.5 Å². The van der Waals surface area contributed by atoms with Gasteiger partial charge in [0.2, 0.25) is 0 Å². The molecule has 124 valence electrons. The third kappa shape index (κ3) is 3.27. The average molecular weight is 333 g/mol. The van der Waals surface area contributed by atoms with Crippen LogP contribution >= 0.6 is 0 Å². The van der Waals surface area contributed by atoms with E-state index in [-0.39, 0.29) is 36.9 Å². The third-order valence-corrected chi connectivity index (χ3v) is 3.36. The lowest BCUT2D eigenvalue weighted by Crippen LogP contribution is -2.17. The van der Waals surface area contributed by atoms with Gasteiger partial charge in [-0.1, -0.05) is 12.1 Å². The highest BCUT2D eigenvalue weighted by Crippen LogP contribution is 2.36. The molecule has 3 rings (SSSR count). The van der Waals surface area contributed by atoms with Crippen molar-refractivity contribution in [2.75, 3.05) is 13.2 Å². The summed E-state index contributed by atoms with van der Waals surface area (Å²) in [6.45, 7) is 0.429. The molecule has 1 aliphatic rings. The summed E-state index contributed by atoms with van der Waals surface area (Å²) in [5.74, 6) is -0.820. The zero-order chi connectivity index (χ0) is 17.1. The number of halogens is 1. The van der Waals surface area contributed by atoms with Crippen molar-refractivity contribution in [1.29, 1.82) is 0 Å². The standard InChI is InChI=1S/C16H12FNO6/c17-11-3-1-10(2-4-11)9-24-16(19)12-7-14-15(23-6-5-22-14)8-13(12)18(20)21/h1-4,7-8H,5-6,9H2. The minimum absolute atomic E-state index is 0.134. The maximum atomic E-state index is 12.8. The first-order valence-corrected chi connectivity index (χ1v) is 7.04. The highest BCUT2D eigenvalue weighted by Gasteiger charge is 2.27. The summed E-state index contributed by atoms with van der Waals surface area (Å²) in [4.78, 5) is 22.7. The number of ether oxygens (including phenoxy) is 3. The monoisotopic (exact) mass is 333 g/mol. The molecule has 1 heterocycles. The van der Waals surface area contributed by atoms with Crippen LogP contribution in [0.4, 0.5) is 10.1 Å². The lowest BCUT2D eigenvalue weighted by Gasteiger charge is -2.18. The number of carbonyl (C=O) groups is 1. The van der Waals surface area contributed by atoms with Crippen molar-refractivity contribution in [1.82, 2.24) is 0 Å². The normalized spacial score (nSPS) is 12.5. The van der Waals surface area contributed by atoms with Crippen molar-refractivity contribution >= 4 is 11.7 Å². The van der Waals surface area contributed by atoms with Crippen molar-refractivity contribution < 1.29 is 28.3 Å². The third-order valence-electron chi connectivity index (χ3n) is 3.36. The summed E-state index contributed by atoms with van der Waals surface area (Å²) in [7, 11) is 0. The Bertz CT molecular complexity index is 790. The molecule has 0 aromatic heterocycles. The maximum Gasteiger partial charge on any atom is 0.345 e. The largest absolute Gasteiger partial charge is 0.486 e. The second-order valence-electron chi connectivity index (χ2n) is 4.97. The number of carbonyl (C=O) groups excluding carboxylic acids is 1. The van der Waals surface area contributed by atoms with Crippen LogP contribution in [0.1, 0.15) is 15.9 Å². The quantitative estimate of drug-likeness (QED) is 0.486. The molecule has 0 saturated heterocycles. The molecular formula is C16H12FNO6. The number of esters is 1. The highest BCUT2D eigenvalue weighted by atomic mass is 19.1. The number of nitro groups is 1. The van der Waals surface area contributed by atoms with Crippen molar-refractivity contribution in [3.8, 4) is 11.5 Å². The van der Waals surface area contributed by atoms with Crippen LogP contribution in [0.15, 0.2) is 36.4 Å². The molecule has 7 nitrogen and oxygen atoms in total. The summed E-state index contributed by atoms with van der Waals surface area (Å²) < 4.78 is 28.5. The highest BCUT2D eigenvalue weighted by molar-refractivity contribution is 5.95. The van der Waals surface area contributed by atoms with Crippen LogP contribution in [0, 0.1) is 15.9 Å². The fourth-order valence-corrected chi connectivity index (χ4v) is 2.20. The van der Waals surface area contributed by atoms with Gasteiger partial charge in [-0.25, -0.2) is 9.18 Å². The van der Waals surface area contributed by atoms with Gasteiger partial charge in [0.05, 0.1) is 11.0 Å². The van der Waals surface area contributed by atoms with E-state index in [1.54, 1.807) is 0 Å². The maximum absolute atomic E-state index is 12.8. The number of hydrogen-bond donors (Lipinski definition) is 0. The van der Waals surface area contributed by atoms with Crippen LogP contribution in [-0.4, -0.2) is 24.1 Å². The van der Waals surface area contributed by atoms with Gasteiger partial charge in [-0.05, 0) is 17.7 Å². The Labute approximate surface area is 135 Å². The number of hydrogen-bond acceptors (Lipinski definition) is 6. The zero-order valence-corrected chi connectivity index (χ0v) is 12.4. The molecular weight excluding hydrogens is 321 g/mol. The Morgan fingerprint density at radius 3 is 2.42 bits per heavy atom. The number of nitro benzene ring substituents is 1. The van der Waals surface area contributed by atoms with E-state index in [2.05, 4.69) is 0 Å². The van der Waals surface area contributed by atoms with Crippen molar-refractivity contribution in [3.63, 3.8) is 0 Å². The van der Waals surface area contributed by atoms with E-state index in [9.17, 15) is 19.3 Å². The summed E-state index contributed by atoms with van der Waals surface area (Å²) in [6, 6.07) is 7.76. The van der Waals surface area contributed by atoms with Gasteiger partial charge in [0.15, 0.2) is 11.5 Å². The predicted molar refractivity (Wildman–Crippen MR) is 79.6 cm³/mol. The second kappa shape index (κ2) is 6.53. The Morgan fingerprint density at radius 2 is 1.79 bits per heavy atom. The molecule has 0 atom stereocenters. The molecule has 2 aromatic rings. The molecule has 0 N–H and O–H groups in total. The molecule has 8 heteroatoms. The topological polar surface area (TPSA) is 87.9 Å². The summed E-state index contributed by atoms with van der Waals surface area (Å²) >= 11 is 0. The van der Waals surface area contributed by atoms with E-state index >= 15 is 0 Å². The Balaban J connectivity index is 1.82. The Morgan fingerprint density at radius 1 is 1.17 bits per heavy atom. The first kappa shape index (κ1) is 15.7. The lowest BCUT2D eigenvalue weighted by atomic mass is 10.1. The smallest absolute Gasteiger partial charge is 0.345 e. The van der Waals surface area contributed by atoms with Crippen molar-refractivity contribution in [2.24, 2.45) is 0 Å². The molecule has 0 unspecified atom stereocenters. The van der Waals surface area contributed by atoms with Gasteiger partial charge in [0.1, 0.15) is 31.2 Å². The average Bonchev–Trinajstić information content (AvgIpc) is 2.59. The predicted octanol–water partition coefficient (Wildman–Crippen LogP) is 2.86. The second-order valence-corrected chi connectivity index (χ2v) is 4.97. The minimum atomic E-state index is -0.872. The van der Waals surface area contributed by atoms with E-state index in [0.717, 1.165) is 6.07 Å². The van der Waals surface area contributed by atoms with Gasteiger partial charge >= 0.3 is 5.97 Å². The van der Waals surface area contributed by atoms with Crippen molar-refractivity contribution in [2.45, 2.75) is 6.61 Å². The summed E-state index contributed by atoms with van der Waals surface area (Å²) in [6.07, 6.45) is 0. The first-order chi connectivity index (χ1) is 11.5. The van der Waals surface area contributed by atoms with Crippen LogP contribution in [0.25, 0.3) is 0 Å². The summed E-state index contributed by atoms with van der Waals surface area (Å²) in [5.41, 5.74) is -0.0975. The van der Waals surface area contributed by atoms with E-state index in [1.165, 1.54) is 30.3 Å². The molecule has 0 radical (unpaired) electrons. The van der Waals surface area contributed by atoms with Gasteiger partial charge in [-0.15, -0.1) is 0 Å². The number of nitrogens with zero attached hydrogens (tertiary/aromatic N) is 1. The molecule has 24 heavy (non-hydrogen) atoms. The fourth-order valence-electron chi connectivity index (χ4n) is 2.20. The molecule has 0 bridgehead atoms. The first-order valence-electron chi connectivity index (χ1n) is 7.04. The molecule has 2 aromatic carbocycles. The molecule has 1 aliphatic heterocycles. The number of rotatable bonds is 4. The van der Waals surface area contributed by atoms with Gasteiger partial charge in [0.25, 0.3) is 5.69 Å². The van der Waals surface area contributed by atoms with E-state index in [1.807, 2.05) is 0 Å². The zero-order valence-electron chi connectivity index (χ0n) is 12.4. The SMILES string of the molecule is O=C(OCc1ccc(F)cc1)c1cc2c(cc1[N+](=O)[O-])OCCO2. The van der Waals surface area contributed by atoms with Crippen LogP contribution in [0.5, 0.6) is 11.5 Å². The lowest BCUT2D eigenvalue weighted by molar-refractivity contribution is -0.385. The van der Waals surface area contributed by atoms with Gasteiger partial charge in [-0.2, -0.15) is 0 Å². The van der Waals surface area contributed by atoms with Gasteiger partial charge in [0, 0.05) is 6.07 Å². The van der Waals surface area contributed by atoms with Gasteiger partial charge < -0.3 is 14.2 Å². The fraction of sp³-hybridized carbons (Fsp3) is 0.188. The van der Waals surface area contributed by atoms with Crippen LogP contribution in [0.3, 0.4) is 0 Å². The number of benzene rings is 2. The van der Waals surface area contributed by atoms with Crippen LogP contribution in [-0.2, 0) is 11.3 Å². The van der Waals surface area contributed by atoms with E-state index in [4.69, 9.17) is 14.2 Å². The molecule has 0 amide bonds. The van der Waals surface area contributed by atoms with Gasteiger partial charge in [-0.3, -0.25) is 10.1 Å². The van der Waals surface area contributed by atoms with E-state index in [0.29, 0.717) is 5.56 Å². The van der Waals surface area contributed by atoms with Crippen LogP contribution < -0.4 is 9.47 Å². The molecule has 0 fully saturated rings. The molecule has 0 saturated carbocycles. The number of fused-ring (bicyclic) bond motifs is 1. The van der Waals surface area contributed by atoms with E-state index < -0.39 is 22.4 Å². The minimum Gasteiger partial charge on any atom is -0.486 e. The Hall–Kier alpha value is -3.16. The molecule has 0 aliphatic carbocycles. The summed E-state index contributed by atoms with van der Waals surface area (Å²) in [5, 5.41) is 11.2. The Kier molecular flexibility index (Phi) is 4.28.